The van der Waals surface area contributed by atoms with Gasteiger partial charge in [-0.2, -0.15) is 0 Å². The van der Waals surface area contributed by atoms with E-state index < -0.39 is 0 Å². The highest BCUT2D eigenvalue weighted by Crippen LogP contribution is 2.40. The molecule has 1 aromatic rings. The zero-order valence-corrected chi connectivity index (χ0v) is 10.6. The Bertz CT molecular complexity index is 388. The first kappa shape index (κ1) is 11.1. The van der Waals surface area contributed by atoms with Crippen molar-refractivity contribution in [2.24, 2.45) is 17.6 Å². The maximum atomic E-state index is 6.07. The molecule has 1 aromatic carbocycles. The van der Waals surface area contributed by atoms with Crippen LogP contribution >= 0.6 is 0 Å². The van der Waals surface area contributed by atoms with Crippen molar-refractivity contribution in [3.63, 3.8) is 0 Å². The number of nitrogens with zero attached hydrogens (tertiary/aromatic N) is 1. The van der Waals surface area contributed by atoms with Crippen LogP contribution in [0.1, 0.15) is 37.8 Å². The third kappa shape index (κ3) is 1.95. The van der Waals surface area contributed by atoms with E-state index in [2.05, 4.69) is 36.1 Å². The van der Waals surface area contributed by atoms with Crippen LogP contribution in [0.5, 0.6) is 0 Å². The van der Waals surface area contributed by atoms with Gasteiger partial charge in [0.05, 0.1) is 0 Å². The van der Waals surface area contributed by atoms with E-state index in [9.17, 15) is 0 Å². The first-order chi connectivity index (χ1) is 8.25. The van der Waals surface area contributed by atoms with E-state index in [0.29, 0.717) is 0 Å². The lowest BCUT2D eigenvalue weighted by atomic mass is 10.0. The highest BCUT2D eigenvalue weighted by molar-refractivity contribution is 5.55. The molecule has 2 heteroatoms. The Labute approximate surface area is 104 Å². The number of hydrogen-bond acceptors (Lipinski definition) is 2. The monoisotopic (exact) mass is 230 g/mol. The summed E-state index contributed by atoms with van der Waals surface area (Å²) in [6.07, 6.45) is 4.31. The first-order valence-corrected chi connectivity index (χ1v) is 6.85. The molecule has 0 spiro atoms. The quantitative estimate of drug-likeness (QED) is 0.846. The fraction of sp³-hybridized carbons (Fsp3) is 0.600. The molecular formula is C15H22N2. The van der Waals surface area contributed by atoms with E-state index in [1.165, 1.54) is 43.6 Å². The van der Waals surface area contributed by atoms with E-state index in [-0.39, 0.29) is 6.04 Å². The van der Waals surface area contributed by atoms with E-state index in [0.717, 1.165) is 11.8 Å². The predicted octanol–water partition coefficient (Wildman–Crippen LogP) is 2.94. The minimum absolute atomic E-state index is 0.131. The Hall–Kier alpha value is -1.02. The molecule has 3 rings (SSSR count). The van der Waals surface area contributed by atoms with Gasteiger partial charge in [-0.05, 0) is 43.2 Å². The molecule has 3 atom stereocenters. The predicted molar refractivity (Wildman–Crippen MR) is 72.1 cm³/mol. The van der Waals surface area contributed by atoms with Crippen LogP contribution < -0.4 is 10.6 Å². The summed E-state index contributed by atoms with van der Waals surface area (Å²) >= 11 is 0. The van der Waals surface area contributed by atoms with Crippen molar-refractivity contribution in [1.82, 2.24) is 0 Å². The normalized spacial score (nSPS) is 29.4. The van der Waals surface area contributed by atoms with Gasteiger partial charge < -0.3 is 10.6 Å². The Morgan fingerprint density at radius 2 is 1.82 bits per heavy atom. The van der Waals surface area contributed by atoms with Gasteiger partial charge in [0, 0.05) is 24.8 Å². The van der Waals surface area contributed by atoms with Gasteiger partial charge in [-0.15, -0.1) is 0 Å². The fourth-order valence-corrected chi connectivity index (χ4v) is 3.59. The highest BCUT2D eigenvalue weighted by Gasteiger charge is 2.36. The number of nitrogens with two attached hydrogens (primary N) is 1. The molecule has 2 aliphatic rings. The topological polar surface area (TPSA) is 29.3 Å². The smallest absolute Gasteiger partial charge is 0.0414 e. The summed E-state index contributed by atoms with van der Waals surface area (Å²) in [5.41, 5.74) is 8.74. The molecular weight excluding hydrogens is 208 g/mol. The van der Waals surface area contributed by atoms with E-state index in [4.69, 9.17) is 5.73 Å². The van der Waals surface area contributed by atoms with Crippen molar-refractivity contribution >= 4 is 5.69 Å². The van der Waals surface area contributed by atoms with Crippen molar-refractivity contribution in [3.8, 4) is 0 Å². The van der Waals surface area contributed by atoms with Crippen LogP contribution in [-0.4, -0.2) is 13.1 Å². The first-order valence-electron chi connectivity index (χ1n) is 6.85. The van der Waals surface area contributed by atoms with Gasteiger partial charge in [-0.1, -0.05) is 24.6 Å². The number of benzene rings is 1. The molecule has 1 saturated heterocycles. The van der Waals surface area contributed by atoms with E-state index in [1.807, 2.05) is 0 Å². The Balaban J connectivity index is 1.85. The lowest BCUT2D eigenvalue weighted by Gasteiger charge is -2.24. The van der Waals surface area contributed by atoms with Crippen molar-refractivity contribution in [2.75, 3.05) is 18.0 Å². The van der Waals surface area contributed by atoms with Crippen molar-refractivity contribution < 1.29 is 0 Å². The minimum atomic E-state index is 0.131. The maximum absolute atomic E-state index is 6.07. The summed E-state index contributed by atoms with van der Waals surface area (Å²) in [5, 5.41) is 0. The van der Waals surface area contributed by atoms with Crippen LogP contribution in [0, 0.1) is 11.8 Å². The van der Waals surface area contributed by atoms with E-state index >= 15 is 0 Å². The second-order valence-corrected chi connectivity index (χ2v) is 5.70. The van der Waals surface area contributed by atoms with Gasteiger partial charge >= 0.3 is 0 Å². The summed E-state index contributed by atoms with van der Waals surface area (Å²) in [6, 6.07) is 8.77. The summed E-state index contributed by atoms with van der Waals surface area (Å²) < 4.78 is 0. The second kappa shape index (κ2) is 4.34. The van der Waals surface area contributed by atoms with Gasteiger partial charge in [-0.25, -0.2) is 0 Å². The number of hydrogen-bond donors (Lipinski definition) is 1. The second-order valence-electron chi connectivity index (χ2n) is 5.70. The average Bonchev–Trinajstić information content (AvgIpc) is 2.88. The van der Waals surface area contributed by atoms with Crippen LogP contribution in [0.25, 0.3) is 0 Å². The summed E-state index contributed by atoms with van der Waals surface area (Å²) in [6.45, 7) is 4.57. The van der Waals surface area contributed by atoms with Gasteiger partial charge in [0.2, 0.25) is 0 Å². The third-order valence-electron chi connectivity index (χ3n) is 4.49. The number of fused-ring (bicyclic) bond motifs is 1. The molecule has 1 saturated carbocycles. The molecule has 2 nitrogen and oxygen atoms in total. The molecule has 17 heavy (non-hydrogen) atoms. The Morgan fingerprint density at radius 3 is 2.47 bits per heavy atom. The maximum Gasteiger partial charge on any atom is 0.0414 e. The minimum Gasteiger partial charge on any atom is -0.371 e. The SMILES string of the molecule is C[C@H](N)c1ccccc1N1CC2CCCC2C1. The lowest BCUT2D eigenvalue weighted by Crippen LogP contribution is -2.23. The van der Waals surface area contributed by atoms with Gasteiger partial charge in [-0.3, -0.25) is 0 Å². The number of anilines is 1. The number of rotatable bonds is 2. The summed E-state index contributed by atoms with van der Waals surface area (Å²) in [4.78, 5) is 2.56. The van der Waals surface area contributed by atoms with Crippen LogP contribution in [0.4, 0.5) is 5.69 Å². The van der Waals surface area contributed by atoms with Crippen LogP contribution in [0.15, 0.2) is 24.3 Å². The fourth-order valence-electron chi connectivity index (χ4n) is 3.59. The molecule has 0 bridgehead atoms. The van der Waals surface area contributed by atoms with Crippen molar-refractivity contribution in [3.05, 3.63) is 29.8 Å². The largest absolute Gasteiger partial charge is 0.371 e. The molecule has 0 aromatic heterocycles. The average molecular weight is 230 g/mol. The van der Waals surface area contributed by atoms with Crippen LogP contribution in [-0.2, 0) is 0 Å². The molecule has 0 amide bonds. The van der Waals surface area contributed by atoms with Crippen LogP contribution in [0.2, 0.25) is 0 Å². The molecule has 92 valence electrons. The zero-order chi connectivity index (χ0) is 11.8. The Morgan fingerprint density at radius 1 is 1.18 bits per heavy atom. The van der Waals surface area contributed by atoms with Crippen LogP contribution in [0.3, 0.4) is 0 Å². The third-order valence-corrected chi connectivity index (χ3v) is 4.49. The number of para-hydroxylation sites is 1. The highest BCUT2D eigenvalue weighted by atomic mass is 15.2. The molecule has 2 fully saturated rings. The summed E-state index contributed by atoms with van der Waals surface area (Å²) in [7, 11) is 0. The van der Waals surface area contributed by atoms with Gasteiger partial charge in [0.1, 0.15) is 0 Å². The Kier molecular flexibility index (Phi) is 2.83. The zero-order valence-electron chi connectivity index (χ0n) is 10.6. The standard InChI is InChI=1S/C15H22N2/c1-11(16)14-7-2-3-8-15(14)17-9-12-5-4-6-13(12)10-17/h2-3,7-8,11-13H,4-6,9-10,16H2,1H3/t11-,12?,13?/m0/s1. The van der Waals surface area contributed by atoms with Gasteiger partial charge in [0.15, 0.2) is 0 Å². The van der Waals surface area contributed by atoms with Crippen molar-refractivity contribution in [2.45, 2.75) is 32.2 Å². The molecule has 1 aliphatic heterocycles. The van der Waals surface area contributed by atoms with E-state index in [1.54, 1.807) is 0 Å². The molecule has 2 N–H and O–H groups in total. The molecule has 0 radical (unpaired) electrons. The molecule has 1 aliphatic carbocycles. The molecule has 1 heterocycles. The lowest BCUT2D eigenvalue weighted by molar-refractivity contribution is 0.494. The van der Waals surface area contributed by atoms with Crippen molar-refractivity contribution in [1.29, 1.82) is 0 Å². The van der Waals surface area contributed by atoms with Gasteiger partial charge in [0.25, 0.3) is 0 Å². The summed E-state index contributed by atoms with van der Waals surface area (Å²) in [5.74, 6) is 1.88. The molecule has 2 unspecified atom stereocenters.